The summed E-state index contributed by atoms with van der Waals surface area (Å²) in [7, 11) is 0. The van der Waals surface area contributed by atoms with Gasteiger partial charge in [-0.1, -0.05) is 11.3 Å². The fraction of sp³-hybridized carbons (Fsp3) is 0.0909. The summed E-state index contributed by atoms with van der Waals surface area (Å²) in [6, 6.07) is 4.20. The van der Waals surface area contributed by atoms with Crippen LogP contribution in [0.3, 0.4) is 0 Å². The number of anilines is 1. The molecule has 0 fully saturated rings. The average molecular weight is 315 g/mol. The maximum absolute atomic E-state index is 13.1. The molecule has 17 heavy (non-hydrogen) atoms. The molecule has 1 heterocycles. The van der Waals surface area contributed by atoms with Crippen LogP contribution in [-0.4, -0.2) is 10.9 Å². The monoisotopic (exact) mass is 314 g/mol. The lowest BCUT2D eigenvalue weighted by Crippen LogP contribution is -2.12. The second-order valence-electron chi connectivity index (χ2n) is 3.44. The van der Waals surface area contributed by atoms with Crippen LogP contribution in [0.2, 0.25) is 0 Å². The Bertz CT molecular complexity index is 550. The molecule has 2 rings (SSSR count). The van der Waals surface area contributed by atoms with Gasteiger partial charge in [0.05, 0.1) is 9.98 Å². The predicted molar refractivity (Wildman–Crippen MR) is 68.9 cm³/mol. The second kappa shape index (κ2) is 4.93. The third kappa shape index (κ3) is 3.10. The van der Waals surface area contributed by atoms with Crippen molar-refractivity contribution in [2.24, 2.45) is 0 Å². The molecule has 0 radical (unpaired) electrons. The Kier molecular flexibility index (Phi) is 3.54. The van der Waals surface area contributed by atoms with Gasteiger partial charge in [0.2, 0.25) is 0 Å². The SMILES string of the molecule is Cc1cc(F)cc(C(=O)Nc2ncc(Br)s2)c1. The van der Waals surface area contributed by atoms with E-state index in [1.54, 1.807) is 19.2 Å². The van der Waals surface area contributed by atoms with E-state index >= 15 is 0 Å². The first-order valence-corrected chi connectivity index (χ1v) is 6.35. The van der Waals surface area contributed by atoms with E-state index in [2.05, 4.69) is 26.2 Å². The minimum atomic E-state index is -0.421. The molecule has 3 nitrogen and oxygen atoms in total. The number of hydrogen-bond acceptors (Lipinski definition) is 3. The van der Waals surface area contributed by atoms with Gasteiger partial charge < -0.3 is 0 Å². The molecular weight excluding hydrogens is 307 g/mol. The zero-order chi connectivity index (χ0) is 12.4. The highest BCUT2D eigenvalue weighted by atomic mass is 79.9. The van der Waals surface area contributed by atoms with E-state index in [1.165, 1.54) is 23.5 Å². The number of nitrogens with zero attached hydrogens (tertiary/aromatic N) is 1. The predicted octanol–water partition coefficient (Wildman–Crippen LogP) is 3.61. The number of hydrogen-bond donors (Lipinski definition) is 1. The summed E-state index contributed by atoms with van der Waals surface area (Å²) in [5, 5.41) is 3.08. The first-order chi connectivity index (χ1) is 8.04. The highest BCUT2D eigenvalue weighted by Gasteiger charge is 2.10. The van der Waals surface area contributed by atoms with Gasteiger partial charge in [-0.3, -0.25) is 10.1 Å². The number of halogens is 2. The average Bonchev–Trinajstić information content (AvgIpc) is 2.62. The second-order valence-corrected chi connectivity index (χ2v) is 5.85. The highest BCUT2D eigenvalue weighted by Crippen LogP contribution is 2.23. The van der Waals surface area contributed by atoms with E-state index in [0.29, 0.717) is 10.7 Å². The third-order valence-corrected chi connectivity index (χ3v) is 3.39. The van der Waals surface area contributed by atoms with Gasteiger partial charge in [-0.05, 0) is 46.6 Å². The van der Waals surface area contributed by atoms with Crippen LogP contribution in [0, 0.1) is 12.7 Å². The van der Waals surface area contributed by atoms with Crippen molar-refractivity contribution in [3.8, 4) is 0 Å². The summed E-state index contributed by atoms with van der Waals surface area (Å²) in [4.78, 5) is 15.8. The van der Waals surface area contributed by atoms with Gasteiger partial charge in [0.25, 0.3) is 5.91 Å². The Labute approximate surface area is 110 Å². The maximum atomic E-state index is 13.1. The zero-order valence-electron chi connectivity index (χ0n) is 8.83. The topological polar surface area (TPSA) is 42.0 Å². The Morgan fingerprint density at radius 1 is 1.47 bits per heavy atom. The summed E-state index contributed by atoms with van der Waals surface area (Å²) in [6.07, 6.45) is 1.59. The molecule has 1 aromatic carbocycles. The molecule has 1 aromatic heterocycles. The molecule has 0 saturated heterocycles. The number of nitrogens with one attached hydrogen (secondary N) is 1. The fourth-order valence-electron chi connectivity index (χ4n) is 1.35. The largest absolute Gasteiger partial charge is 0.298 e. The summed E-state index contributed by atoms with van der Waals surface area (Å²) in [5.41, 5.74) is 0.990. The van der Waals surface area contributed by atoms with E-state index in [9.17, 15) is 9.18 Å². The Morgan fingerprint density at radius 3 is 2.82 bits per heavy atom. The quantitative estimate of drug-likeness (QED) is 0.920. The van der Waals surface area contributed by atoms with Crippen LogP contribution >= 0.6 is 27.3 Å². The molecule has 0 aliphatic carbocycles. The van der Waals surface area contributed by atoms with Crippen molar-refractivity contribution >= 4 is 38.3 Å². The number of benzene rings is 1. The lowest BCUT2D eigenvalue weighted by Gasteiger charge is -2.03. The van der Waals surface area contributed by atoms with E-state index in [1.807, 2.05) is 0 Å². The fourth-order valence-corrected chi connectivity index (χ4v) is 2.45. The van der Waals surface area contributed by atoms with Gasteiger partial charge in [0.1, 0.15) is 5.82 Å². The van der Waals surface area contributed by atoms with Gasteiger partial charge >= 0.3 is 0 Å². The van der Waals surface area contributed by atoms with Crippen LogP contribution in [0.5, 0.6) is 0 Å². The Hall–Kier alpha value is -1.27. The molecule has 0 spiro atoms. The minimum absolute atomic E-state index is 0.286. The van der Waals surface area contributed by atoms with Crippen molar-refractivity contribution in [3.05, 3.63) is 45.1 Å². The molecule has 0 aliphatic heterocycles. The number of carbonyl (C=O) groups is 1. The van der Waals surface area contributed by atoms with Gasteiger partial charge in [0.15, 0.2) is 5.13 Å². The first kappa shape index (κ1) is 12.2. The van der Waals surface area contributed by atoms with Gasteiger partial charge in [-0.2, -0.15) is 0 Å². The van der Waals surface area contributed by atoms with Crippen molar-refractivity contribution in [3.63, 3.8) is 0 Å². The summed E-state index contributed by atoms with van der Waals surface area (Å²) in [5.74, 6) is -0.787. The smallest absolute Gasteiger partial charge is 0.257 e. The molecule has 0 bridgehead atoms. The van der Waals surface area contributed by atoms with E-state index < -0.39 is 5.82 Å². The van der Waals surface area contributed by atoms with Crippen LogP contribution in [0.4, 0.5) is 9.52 Å². The van der Waals surface area contributed by atoms with E-state index in [0.717, 1.165) is 3.79 Å². The summed E-state index contributed by atoms with van der Waals surface area (Å²) in [6.45, 7) is 1.74. The van der Waals surface area contributed by atoms with Crippen LogP contribution in [0.25, 0.3) is 0 Å². The molecule has 6 heteroatoms. The lowest BCUT2D eigenvalue weighted by atomic mass is 10.1. The van der Waals surface area contributed by atoms with Crippen molar-refractivity contribution in [2.45, 2.75) is 6.92 Å². The molecule has 0 atom stereocenters. The number of amides is 1. The molecule has 0 aliphatic rings. The summed E-state index contributed by atoms with van der Waals surface area (Å²) >= 11 is 4.55. The standard InChI is InChI=1S/C11H8BrFN2OS/c1-6-2-7(4-8(13)3-6)10(16)15-11-14-5-9(12)17-11/h2-5H,1H3,(H,14,15,16). The zero-order valence-corrected chi connectivity index (χ0v) is 11.2. The minimum Gasteiger partial charge on any atom is -0.298 e. The van der Waals surface area contributed by atoms with Gasteiger partial charge in [-0.15, -0.1) is 0 Å². The molecule has 0 saturated carbocycles. The number of carbonyl (C=O) groups excluding carboxylic acids is 1. The normalized spacial score (nSPS) is 10.3. The molecule has 0 unspecified atom stereocenters. The highest BCUT2D eigenvalue weighted by molar-refractivity contribution is 9.11. The van der Waals surface area contributed by atoms with E-state index in [-0.39, 0.29) is 11.5 Å². The maximum Gasteiger partial charge on any atom is 0.257 e. The Balaban J connectivity index is 2.19. The Morgan fingerprint density at radius 2 is 2.24 bits per heavy atom. The number of aryl methyl sites for hydroxylation is 1. The molecule has 88 valence electrons. The van der Waals surface area contributed by atoms with Crippen molar-refractivity contribution in [2.75, 3.05) is 5.32 Å². The number of thiazole rings is 1. The van der Waals surface area contributed by atoms with Crippen LogP contribution in [0.1, 0.15) is 15.9 Å². The molecule has 2 aromatic rings. The first-order valence-electron chi connectivity index (χ1n) is 4.74. The van der Waals surface area contributed by atoms with Crippen molar-refractivity contribution < 1.29 is 9.18 Å². The third-order valence-electron chi connectivity index (χ3n) is 2.00. The molecular formula is C11H8BrFN2OS. The molecule has 1 amide bonds. The van der Waals surface area contributed by atoms with Crippen LogP contribution in [-0.2, 0) is 0 Å². The lowest BCUT2D eigenvalue weighted by molar-refractivity contribution is 0.102. The van der Waals surface area contributed by atoms with Gasteiger partial charge in [0, 0.05) is 5.56 Å². The van der Waals surface area contributed by atoms with Gasteiger partial charge in [-0.25, -0.2) is 9.37 Å². The number of rotatable bonds is 2. The molecule has 1 N–H and O–H groups in total. The van der Waals surface area contributed by atoms with Crippen LogP contribution < -0.4 is 5.32 Å². The van der Waals surface area contributed by atoms with Crippen molar-refractivity contribution in [1.82, 2.24) is 4.98 Å². The van der Waals surface area contributed by atoms with E-state index in [4.69, 9.17) is 0 Å². The van der Waals surface area contributed by atoms with Crippen molar-refractivity contribution in [1.29, 1.82) is 0 Å². The summed E-state index contributed by atoms with van der Waals surface area (Å²) < 4.78 is 14.0. The number of aromatic nitrogens is 1. The van der Waals surface area contributed by atoms with Crippen LogP contribution in [0.15, 0.2) is 28.2 Å².